The predicted octanol–water partition coefficient (Wildman–Crippen LogP) is 3.38. The maximum Gasteiger partial charge on any atom is 0.305 e. The molecule has 0 radical (unpaired) electrons. The maximum absolute atomic E-state index is 12.8. The van der Waals surface area contributed by atoms with Gasteiger partial charge < -0.3 is 9.64 Å². The molecule has 1 amide bonds. The van der Waals surface area contributed by atoms with E-state index in [-0.39, 0.29) is 11.9 Å². The van der Waals surface area contributed by atoms with Crippen molar-refractivity contribution in [3.05, 3.63) is 40.5 Å². The third-order valence-corrected chi connectivity index (χ3v) is 5.42. The average Bonchev–Trinajstić information content (AvgIpc) is 3.03. The van der Waals surface area contributed by atoms with Gasteiger partial charge in [0.15, 0.2) is 0 Å². The normalized spacial score (nSPS) is 15.0. The van der Waals surface area contributed by atoms with Crippen molar-refractivity contribution >= 4 is 23.5 Å². The zero-order chi connectivity index (χ0) is 19.4. The Morgan fingerprint density at radius 2 is 1.93 bits per heavy atom. The number of ether oxygens (including phenoxy) is 1. The number of hydrogen-bond donors (Lipinski definition) is 1. The Labute approximate surface area is 163 Å². The molecular formula is C20H24ClN3O3. The molecule has 0 atom stereocenters. The Balaban J connectivity index is 1.64. The molecule has 0 bridgehead atoms. The number of benzene rings is 1. The quantitative estimate of drug-likeness (QED) is 0.795. The monoisotopic (exact) mass is 389 g/mol. The van der Waals surface area contributed by atoms with Gasteiger partial charge in [-0.25, -0.2) is 0 Å². The summed E-state index contributed by atoms with van der Waals surface area (Å²) in [6, 6.07) is 7.45. The van der Waals surface area contributed by atoms with Gasteiger partial charge >= 0.3 is 5.97 Å². The van der Waals surface area contributed by atoms with E-state index in [9.17, 15) is 9.59 Å². The Morgan fingerprint density at radius 3 is 2.56 bits per heavy atom. The Morgan fingerprint density at radius 1 is 1.26 bits per heavy atom. The van der Waals surface area contributed by atoms with Crippen LogP contribution in [0.25, 0.3) is 11.3 Å². The van der Waals surface area contributed by atoms with Crippen LogP contribution < -0.4 is 0 Å². The van der Waals surface area contributed by atoms with Crippen LogP contribution in [-0.2, 0) is 20.7 Å². The minimum Gasteiger partial charge on any atom is -0.469 e. The first kappa shape index (κ1) is 19.4. The number of aromatic amines is 1. The molecule has 1 fully saturated rings. The van der Waals surface area contributed by atoms with Crippen molar-refractivity contribution in [2.45, 2.75) is 32.6 Å². The van der Waals surface area contributed by atoms with E-state index >= 15 is 0 Å². The highest BCUT2D eigenvalue weighted by molar-refractivity contribution is 6.30. The van der Waals surface area contributed by atoms with E-state index in [0.29, 0.717) is 36.9 Å². The third kappa shape index (κ3) is 4.69. The molecule has 7 heteroatoms. The van der Waals surface area contributed by atoms with Crippen LogP contribution in [0, 0.1) is 12.8 Å². The number of nitrogens with one attached hydrogen (secondary N) is 1. The maximum atomic E-state index is 12.8. The highest BCUT2D eigenvalue weighted by Gasteiger charge is 2.26. The van der Waals surface area contributed by atoms with Crippen molar-refractivity contribution < 1.29 is 14.3 Å². The second kappa shape index (κ2) is 8.57. The number of halogens is 1. The van der Waals surface area contributed by atoms with Crippen LogP contribution in [0.15, 0.2) is 24.3 Å². The summed E-state index contributed by atoms with van der Waals surface area (Å²) in [5.41, 5.74) is 3.54. The van der Waals surface area contributed by atoms with Gasteiger partial charge in [-0.15, -0.1) is 0 Å². The molecule has 0 aliphatic carbocycles. The summed E-state index contributed by atoms with van der Waals surface area (Å²) in [5.74, 6) is 0.203. The van der Waals surface area contributed by atoms with E-state index in [2.05, 4.69) is 10.2 Å². The van der Waals surface area contributed by atoms with Crippen LogP contribution in [0.1, 0.15) is 30.5 Å². The topological polar surface area (TPSA) is 75.3 Å². The highest BCUT2D eigenvalue weighted by atomic mass is 35.5. The molecule has 1 N–H and O–H groups in total. The number of H-pyrrole nitrogens is 1. The number of carbonyl (C=O) groups is 2. The van der Waals surface area contributed by atoms with Crippen molar-refractivity contribution in [3.63, 3.8) is 0 Å². The van der Waals surface area contributed by atoms with E-state index < -0.39 is 0 Å². The number of aryl methyl sites for hydroxylation is 1. The second-order valence-electron chi connectivity index (χ2n) is 6.96. The highest BCUT2D eigenvalue weighted by Crippen LogP contribution is 2.27. The smallest absolute Gasteiger partial charge is 0.305 e. The number of carbonyl (C=O) groups excluding carboxylic acids is 2. The molecule has 1 saturated heterocycles. The van der Waals surface area contributed by atoms with Crippen LogP contribution >= 0.6 is 11.6 Å². The minimum atomic E-state index is -0.179. The summed E-state index contributed by atoms with van der Waals surface area (Å²) >= 11 is 5.96. The molecular weight excluding hydrogens is 366 g/mol. The first-order chi connectivity index (χ1) is 13.0. The SMILES string of the molecule is COC(=O)CC1CCN(C(=O)Cc2c(-c3ccc(Cl)cc3)n[nH]c2C)CC1. The number of rotatable bonds is 5. The zero-order valence-corrected chi connectivity index (χ0v) is 16.4. The number of methoxy groups -OCH3 is 1. The van der Waals surface area contributed by atoms with Crippen molar-refractivity contribution in [3.8, 4) is 11.3 Å². The zero-order valence-electron chi connectivity index (χ0n) is 15.6. The van der Waals surface area contributed by atoms with Gasteiger partial charge in [0.05, 0.1) is 19.2 Å². The lowest BCUT2D eigenvalue weighted by Crippen LogP contribution is -2.39. The Bertz CT molecular complexity index is 808. The van der Waals surface area contributed by atoms with Gasteiger partial charge in [0.1, 0.15) is 0 Å². The molecule has 27 heavy (non-hydrogen) atoms. The van der Waals surface area contributed by atoms with Gasteiger partial charge in [-0.3, -0.25) is 14.7 Å². The molecule has 1 aromatic carbocycles. The van der Waals surface area contributed by atoms with Crippen molar-refractivity contribution in [2.75, 3.05) is 20.2 Å². The van der Waals surface area contributed by atoms with Crippen LogP contribution in [0.5, 0.6) is 0 Å². The summed E-state index contributed by atoms with van der Waals surface area (Å²) in [6.07, 6.45) is 2.40. The summed E-state index contributed by atoms with van der Waals surface area (Å²) in [7, 11) is 1.41. The molecule has 3 rings (SSSR count). The van der Waals surface area contributed by atoms with Gasteiger partial charge in [-0.05, 0) is 37.8 Å². The van der Waals surface area contributed by atoms with E-state index in [1.54, 1.807) is 0 Å². The summed E-state index contributed by atoms with van der Waals surface area (Å²) in [4.78, 5) is 26.1. The Kier molecular flexibility index (Phi) is 6.16. The summed E-state index contributed by atoms with van der Waals surface area (Å²) in [6.45, 7) is 3.28. The largest absolute Gasteiger partial charge is 0.469 e. The fourth-order valence-electron chi connectivity index (χ4n) is 3.48. The molecule has 0 saturated carbocycles. The van der Waals surface area contributed by atoms with E-state index in [4.69, 9.17) is 16.3 Å². The molecule has 2 aromatic rings. The number of hydrogen-bond acceptors (Lipinski definition) is 4. The third-order valence-electron chi connectivity index (χ3n) is 5.17. The van der Waals surface area contributed by atoms with Crippen LogP contribution in [0.3, 0.4) is 0 Å². The van der Waals surface area contributed by atoms with Crippen LogP contribution in [0.2, 0.25) is 5.02 Å². The van der Waals surface area contributed by atoms with Gasteiger partial charge in [0, 0.05) is 41.4 Å². The van der Waals surface area contributed by atoms with E-state index in [0.717, 1.165) is 35.4 Å². The number of nitrogens with zero attached hydrogens (tertiary/aromatic N) is 2. The standard InChI is InChI=1S/C20H24ClN3O3/c1-13-17(20(23-22-13)15-3-5-16(21)6-4-15)12-18(25)24-9-7-14(8-10-24)11-19(26)27-2/h3-6,14H,7-12H2,1-2H3,(H,22,23). The average molecular weight is 390 g/mol. The summed E-state index contributed by atoms with van der Waals surface area (Å²) < 4.78 is 4.73. The first-order valence-electron chi connectivity index (χ1n) is 9.12. The van der Waals surface area contributed by atoms with Crippen molar-refractivity contribution in [1.82, 2.24) is 15.1 Å². The number of aromatic nitrogens is 2. The first-order valence-corrected chi connectivity index (χ1v) is 9.50. The number of amides is 1. The van der Waals surface area contributed by atoms with E-state index in [1.807, 2.05) is 36.1 Å². The van der Waals surface area contributed by atoms with E-state index in [1.165, 1.54) is 7.11 Å². The Hall–Kier alpha value is -2.34. The number of likely N-dealkylation sites (tertiary alicyclic amines) is 1. The molecule has 144 valence electrons. The van der Waals surface area contributed by atoms with Gasteiger partial charge in [-0.1, -0.05) is 23.7 Å². The molecule has 0 spiro atoms. The molecule has 2 heterocycles. The van der Waals surface area contributed by atoms with Gasteiger partial charge in [0.2, 0.25) is 5.91 Å². The van der Waals surface area contributed by atoms with Gasteiger partial charge in [0.25, 0.3) is 0 Å². The molecule has 1 aromatic heterocycles. The lowest BCUT2D eigenvalue weighted by atomic mass is 9.93. The lowest BCUT2D eigenvalue weighted by Gasteiger charge is -2.31. The second-order valence-corrected chi connectivity index (χ2v) is 7.40. The molecule has 1 aliphatic heterocycles. The van der Waals surface area contributed by atoms with Crippen molar-refractivity contribution in [1.29, 1.82) is 0 Å². The van der Waals surface area contributed by atoms with Crippen LogP contribution in [-0.4, -0.2) is 47.2 Å². The lowest BCUT2D eigenvalue weighted by molar-refractivity contribution is -0.142. The number of piperidine rings is 1. The summed E-state index contributed by atoms with van der Waals surface area (Å²) in [5, 5.41) is 8.03. The molecule has 6 nitrogen and oxygen atoms in total. The fraction of sp³-hybridized carbons (Fsp3) is 0.450. The number of esters is 1. The predicted molar refractivity (Wildman–Crippen MR) is 103 cm³/mol. The molecule has 0 unspecified atom stereocenters. The fourth-order valence-corrected chi connectivity index (χ4v) is 3.61. The minimum absolute atomic E-state index is 0.0891. The molecule has 1 aliphatic rings. The van der Waals surface area contributed by atoms with Crippen molar-refractivity contribution in [2.24, 2.45) is 5.92 Å². The van der Waals surface area contributed by atoms with Crippen LogP contribution in [0.4, 0.5) is 0 Å². The van der Waals surface area contributed by atoms with Gasteiger partial charge in [-0.2, -0.15) is 5.10 Å².